The van der Waals surface area contributed by atoms with Crippen LogP contribution in [0, 0.1) is 0 Å². The summed E-state index contributed by atoms with van der Waals surface area (Å²) in [6.07, 6.45) is 0. The predicted octanol–water partition coefficient (Wildman–Crippen LogP) is 5.07. The van der Waals surface area contributed by atoms with Crippen molar-refractivity contribution in [3.8, 4) is 11.5 Å². The molecule has 0 saturated heterocycles. The van der Waals surface area contributed by atoms with Crippen molar-refractivity contribution in [3.63, 3.8) is 0 Å². The van der Waals surface area contributed by atoms with Crippen LogP contribution in [0.15, 0.2) is 77.7 Å². The smallest absolute Gasteiger partial charge is 0.264 e. The van der Waals surface area contributed by atoms with E-state index in [1.54, 1.807) is 36.4 Å². The van der Waals surface area contributed by atoms with Crippen LogP contribution < -0.4 is 19.1 Å². The van der Waals surface area contributed by atoms with Crippen LogP contribution in [0.4, 0.5) is 5.69 Å². The van der Waals surface area contributed by atoms with Crippen molar-refractivity contribution in [2.45, 2.75) is 44.0 Å². The van der Waals surface area contributed by atoms with Gasteiger partial charge in [0.1, 0.15) is 18.0 Å². The topological polar surface area (TPSA) is 84.9 Å². The number of sulfonamides is 1. The Balaban J connectivity index is 1.93. The first-order chi connectivity index (χ1) is 17.0. The summed E-state index contributed by atoms with van der Waals surface area (Å²) in [6.45, 7) is 7.85. The molecule has 0 radical (unpaired) electrons. The largest absolute Gasteiger partial charge is 0.497 e. The fourth-order valence-electron chi connectivity index (χ4n) is 3.78. The van der Waals surface area contributed by atoms with Crippen molar-refractivity contribution in [2.24, 2.45) is 0 Å². The van der Waals surface area contributed by atoms with E-state index in [4.69, 9.17) is 9.47 Å². The first-order valence-electron chi connectivity index (χ1n) is 11.7. The molecule has 0 fully saturated rings. The van der Waals surface area contributed by atoms with Crippen molar-refractivity contribution < 1.29 is 22.7 Å². The van der Waals surface area contributed by atoms with Crippen LogP contribution in [-0.4, -0.2) is 35.1 Å². The molecule has 3 aromatic rings. The standard InChI is InChI=1S/C28H34N2O5S/c1-20(21-12-14-22(15-13-21)28(2,3)4)29-27(31)19-30(36(32,33)24-10-8-7-9-11-24)25-18-23(34-5)16-17-26(25)35-6/h7-18,20H,19H2,1-6H3,(H,29,31). The van der Waals surface area contributed by atoms with Gasteiger partial charge in [0.25, 0.3) is 10.0 Å². The highest BCUT2D eigenvalue weighted by Crippen LogP contribution is 2.35. The van der Waals surface area contributed by atoms with Gasteiger partial charge in [0.15, 0.2) is 0 Å². The molecule has 7 nitrogen and oxygen atoms in total. The quantitative estimate of drug-likeness (QED) is 0.434. The summed E-state index contributed by atoms with van der Waals surface area (Å²) in [4.78, 5) is 13.2. The molecule has 0 aliphatic heterocycles. The van der Waals surface area contributed by atoms with Gasteiger partial charge in [-0.3, -0.25) is 9.10 Å². The Hall–Kier alpha value is -3.52. The third-order valence-electron chi connectivity index (χ3n) is 5.93. The van der Waals surface area contributed by atoms with Gasteiger partial charge in [-0.15, -0.1) is 0 Å². The fourth-order valence-corrected chi connectivity index (χ4v) is 5.23. The van der Waals surface area contributed by atoms with Crippen LogP contribution in [0.3, 0.4) is 0 Å². The normalized spacial score (nSPS) is 12.5. The SMILES string of the molecule is COc1ccc(OC)c(N(CC(=O)NC(C)c2ccc(C(C)(C)C)cc2)S(=O)(=O)c2ccccc2)c1. The lowest BCUT2D eigenvalue weighted by Gasteiger charge is -2.27. The van der Waals surface area contributed by atoms with E-state index in [0.717, 1.165) is 9.87 Å². The van der Waals surface area contributed by atoms with Crippen molar-refractivity contribution in [1.29, 1.82) is 0 Å². The molecule has 1 amide bonds. The molecule has 0 aliphatic rings. The summed E-state index contributed by atoms with van der Waals surface area (Å²) in [7, 11) is -1.16. The number of ether oxygens (including phenoxy) is 2. The van der Waals surface area contributed by atoms with E-state index >= 15 is 0 Å². The Morgan fingerprint density at radius 3 is 2.14 bits per heavy atom. The molecule has 3 rings (SSSR count). The number of rotatable bonds is 9. The number of nitrogens with zero attached hydrogens (tertiary/aromatic N) is 1. The first kappa shape index (κ1) is 27.1. The number of hydrogen-bond donors (Lipinski definition) is 1. The van der Waals surface area contributed by atoms with Gasteiger partial charge in [0.2, 0.25) is 5.91 Å². The monoisotopic (exact) mass is 510 g/mol. The molecular formula is C28H34N2O5S. The van der Waals surface area contributed by atoms with Crippen molar-refractivity contribution in [3.05, 3.63) is 83.9 Å². The van der Waals surface area contributed by atoms with Crippen LogP contribution in [-0.2, 0) is 20.2 Å². The van der Waals surface area contributed by atoms with E-state index in [2.05, 4.69) is 26.1 Å². The number of carbonyl (C=O) groups is 1. The Bertz CT molecular complexity index is 1280. The fraction of sp³-hybridized carbons (Fsp3) is 0.321. The summed E-state index contributed by atoms with van der Waals surface area (Å²) >= 11 is 0. The summed E-state index contributed by atoms with van der Waals surface area (Å²) in [5, 5.41) is 2.93. The molecule has 0 spiro atoms. The van der Waals surface area contributed by atoms with Crippen LogP contribution in [0.25, 0.3) is 0 Å². The lowest BCUT2D eigenvalue weighted by Crippen LogP contribution is -2.41. The minimum atomic E-state index is -4.09. The maximum absolute atomic E-state index is 13.7. The molecule has 0 aromatic heterocycles. The Morgan fingerprint density at radius 2 is 1.58 bits per heavy atom. The summed E-state index contributed by atoms with van der Waals surface area (Å²) in [6, 6.07) is 20.5. The van der Waals surface area contributed by atoms with Gasteiger partial charge in [-0.2, -0.15) is 0 Å². The molecule has 0 aliphatic carbocycles. The molecule has 0 bridgehead atoms. The second kappa shape index (κ2) is 11.0. The second-order valence-electron chi connectivity index (χ2n) is 9.52. The van der Waals surface area contributed by atoms with Crippen molar-refractivity contribution in [2.75, 3.05) is 25.1 Å². The second-order valence-corrected chi connectivity index (χ2v) is 11.4. The lowest BCUT2D eigenvalue weighted by atomic mass is 9.86. The molecule has 3 aromatic carbocycles. The highest BCUT2D eigenvalue weighted by molar-refractivity contribution is 7.92. The average molecular weight is 511 g/mol. The van der Waals surface area contributed by atoms with E-state index in [-0.39, 0.29) is 22.0 Å². The minimum absolute atomic E-state index is 0.0209. The predicted molar refractivity (Wildman–Crippen MR) is 142 cm³/mol. The zero-order chi connectivity index (χ0) is 26.5. The molecule has 0 saturated carbocycles. The minimum Gasteiger partial charge on any atom is -0.497 e. The Morgan fingerprint density at radius 1 is 0.944 bits per heavy atom. The van der Waals surface area contributed by atoms with Crippen LogP contribution in [0.2, 0.25) is 0 Å². The van der Waals surface area contributed by atoms with Crippen LogP contribution in [0.1, 0.15) is 44.9 Å². The summed E-state index contributed by atoms with van der Waals surface area (Å²) < 4.78 is 39.1. The zero-order valence-corrected chi connectivity index (χ0v) is 22.4. The Labute approximate surface area is 214 Å². The van der Waals surface area contributed by atoms with Gasteiger partial charge in [-0.05, 0) is 47.7 Å². The number of anilines is 1. The molecular weight excluding hydrogens is 476 g/mol. The Kier molecular flexibility index (Phi) is 8.30. The van der Waals surface area contributed by atoms with Gasteiger partial charge >= 0.3 is 0 Å². The van der Waals surface area contributed by atoms with Gasteiger partial charge < -0.3 is 14.8 Å². The number of methoxy groups -OCH3 is 2. The van der Waals surface area contributed by atoms with E-state index in [9.17, 15) is 13.2 Å². The van der Waals surface area contributed by atoms with Crippen LogP contribution >= 0.6 is 0 Å². The third-order valence-corrected chi connectivity index (χ3v) is 7.70. The van der Waals surface area contributed by atoms with E-state index in [1.807, 2.05) is 31.2 Å². The third kappa shape index (κ3) is 6.18. The number of hydrogen-bond acceptors (Lipinski definition) is 5. The lowest BCUT2D eigenvalue weighted by molar-refractivity contribution is -0.120. The maximum atomic E-state index is 13.7. The highest BCUT2D eigenvalue weighted by Gasteiger charge is 2.30. The highest BCUT2D eigenvalue weighted by atomic mass is 32.2. The van der Waals surface area contributed by atoms with E-state index in [0.29, 0.717) is 11.5 Å². The van der Waals surface area contributed by atoms with Gasteiger partial charge in [-0.1, -0.05) is 63.2 Å². The average Bonchev–Trinajstić information content (AvgIpc) is 2.86. The number of carbonyl (C=O) groups excluding carboxylic acids is 1. The zero-order valence-electron chi connectivity index (χ0n) is 21.6. The van der Waals surface area contributed by atoms with Crippen molar-refractivity contribution in [1.82, 2.24) is 5.32 Å². The maximum Gasteiger partial charge on any atom is 0.264 e. The molecule has 1 atom stereocenters. The molecule has 192 valence electrons. The van der Waals surface area contributed by atoms with E-state index < -0.39 is 22.5 Å². The molecule has 1 N–H and O–H groups in total. The van der Waals surface area contributed by atoms with Crippen molar-refractivity contribution >= 4 is 21.6 Å². The number of amides is 1. The molecule has 8 heteroatoms. The number of benzene rings is 3. The molecule has 36 heavy (non-hydrogen) atoms. The molecule has 1 unspecified atom stereocenters. The van der Waals surface area contributed by atoms with Gasteiger partial charge in [0, 0.05) is 6.07 Å². The summed E-state index contributed by atoms with van der Waals surface area (Å²) in [5.74, 6) is 0.285. The first-order valence-corrected chi connectivity index (χ1v) is 13.1. The van der Waals surface area contributed by atoms with Crippen LogP contribution in [0.5, 0.6) is 11.5 Å². The van der Waals surface area contributed by atoms with Gasteiger partial charge in [-0.25, -0.2) is 8.42 Å². The number of nitrogens with one attached hydrogen (secondary N) is 1. The summed E-state index contributed by atoms with van der Waals surface area (Å²) in [5.41, 5.74) is 2.34. The van der Waals surface area contributed by atoms with Gasteiger partial charge in [0.05, 0.1) is 30.8 Å². The van der Waals surface area contributed by atoms with E-state index in [1.165, 1.54) is 31.9 Å². The molecule has 0 heterocycles.